The first-order chi connectivity index (χ1) is 14.8. The van der Waals surface area contributed by atoms with E-state index in [-0.39, 0.29) is 28.9 Å². The van der Waals surface area contributed by atoms with E-state index in [1.165, 1.54) is 12.1 Å². The number of nitrogens with one attached hydrogen (secondary N) is 2. The average Bonchev–Trinajstić information content (AvgIpc) is 2.77. The van der Waals surface area contributed by atoms with Crippen molar-refractivity contribution >= 4 is 23.2 Å². The van der Waals surface area contributed by atoms with Crippen LogP contribution in [0.4, 0.5) is 10.1 Å². The van der Waals surface area contributed by atoms with Crippen molar-refractivity contribution in [1.29, 1.82) is 0 Å². The van der Waals surface area contributed by atoms with Crippen LogP contribution in [0.25, 0.3) is 0 Å². The molecule has 1 unspecified atom stereocenters. The molecule has 2 atom stereocenters. The van der Waals surface area contributed by atoms with Crippen molar-refractivity contribution in [2.45, 2.75) is 19.5 Å². The van der Waals surface area contributed by atoms with Crippen LogP contribution in [0.3, 0.4) is 0 Å². The highest BCUT2D eigenvalue weighted by molar-refractivity contribution is 6.28. The van der Waals surface area contributed by atoms with Crippen LogP contribution in [-0.4, -0.2) is 30.6 Å². The van der Waals surface area contributed by atoms with E-state index in [1.807, 2.05) is 13.1 Å². The molecule has 156 valence electrons. The van der Waals surface area contributed by atoms with Crippen LogP contribution >= 0.6 is 0 Å². The largest absolute Gasteiger partial charge is 0.324 e. The molecule has 0 saturated heterocycles. The Balaban J connectivity index is 1.50. The Kier molecular flexibility index (Phi) is 5.48. The number of amides is 1. The first kappa shape index (κ1) is 20.6. The number of quaternary nitrogens is 1. The van der Waals surface area contributed by atoms with Gasteiger partial charge in [-0.25, -0.2) is 4.39 Å². The monoisotopic (exact) mass is 417 g/mol. The second-order valence-corrected chi connectivity index (χ2v) is 7.83. The third-order valence-corrected chi connectivity index (χ3v) is 5.70. The molecule has 0 saturated carbocycles. The second kappa shape index (κ2) is 8.24. The van der Waals surface area contributed by atoms with Gasteiger partial charge in [0.25, 0.3) is 5.91 Å². The molecule has 0 radical (unpaired) electrons. The van der Waals surface area contributed by atoms with E-state index in [0.717, 1.165) is 10.5 Å². The van der Waals surface area contributed by atoms with Gasteiger partial charge >= 0.3 is 0 Å². The topological polar surface area (TPSA) is 67.7 Å². The number of fused-ring (bicyclic) bond motifs is 2. The van der Waals surface area contributed by atoms with Crippen LogP contribution in [0.2, 0.25) is 0 Å². The van der Waals surface area contributed by atoms with Crippen molar-refractivity contribution in [3.63, 3.8) is 0 Å². The van der Waals surface area contributed by atoms with E-state index in [9.17, 15) is 18.8 Å². The maximum atomic E-state index is 13.4. The molecule has 31 heavy (non-hydrogen) atoms. The molecule has 0 bridgehead atoms. The van der Waals surface area contributed by atoms with Crippen molar-refractivity contribution in [3.8, 4) is 0 Å². The minimum Gasteiger partial charge on any atom is -0.324 e. The lowest BCUT2D eigenvalue weighted by atomic mass is 9.84. The summed E-state index contributed by atoms with van der Waals surface area (Å²) < 4.78 is 13.4. The zero-order chi connectivity index (χ0) is 22.1. The Morgan fingerprint density at radius 2 is 1.55 bits per heavy atom. The van der Waals surface area contributed by atoms with Crippen molar-refractivity contribution in [2.24, 2.45) is 0 Å². The third kappa shape index (κ3) is 4.02. The first-order valence-electron chi connectivity index (χ1n) is 10.0. The van der Waals surface area contributed by atoms with Crippen LogP contribution in [0.1, 0.15) is 44.3 Å². The Morgan fingerprint density at radius 3 is 2.23 bits per heavy atom. The minimum absolute atomic E-state index is 0.198. The summed E-state index contributed by atoms with van der Waals surface area (Å²) in [6, 6.07) is 17.4. The molecule has 1 amide bonds. The fourth-order valence-electron chi connectivity index (χ4n) is 3.77. The summed E-state index contributed by atoms with van der Waals surface area (Å²) in [6.07, 6.45) is 0. The summed E-state index contributed by atoms with van der Waals surface area (Å²) in [4.78, 5) is 39.2. The number of likely N-dealkylation sites (N-methyl/N-ethyl adjacent to an activating group) is 1. The van der Waals surface area contributed by atoms with Gasteiger partial charge in [0.2, 0.25) is 0 Å². The van der Waals surface area contributed by atoms with E-state index in [4.69, 9.17) is 0 Å². The lowest BCUT2D eigenvalue weighted by molar-refractivity contribution is -0.907. The number of benzene rings is 3. The minimum atomic E-state index is -0.419. The highest BCUT2D eigenvalue weighted by atomic mass is 19.1. The fraction of sp³-hybridized carbons (Fsp3) is 0.160. The SMILES string of the molecule is C[C@H](C(=O)Nc1ccc2c(c1)C(=O)c1ccccc1C2=O)[NH+](C)Cc1cccc(F)c1. The van der Waals surface area contributed by atoms with Gasteiger partial charge in [-0.1, -0.05) is 36.4 Å². The maximum Gasteiger partial charge on any atom is 0.282 e. The summed E-state index contributed by atoms with van der Waals surface area (Å²) in [5.74, 6) is -0.972. The Bertz CT molecular complexity index is 1200. The Morgan fingerprint density at radius 1 is 0.903 bits per heavy atom. The molecular formula is C25H22FN2O3+. The summed E-state index contributed by atoms with van der Waals surface area (Å²) in [6.45, 7) is 2.27. The van der Waals surface area contributed by atoms with Crippen molar-refractivity contribution in [3.05, 3.63) is 100 Å². The zero-order valence-corrected chi connectivity index (χ0v) is 17.2. The fourth-order valence-corrected chi connectivity index (χ4v) is 3.77. The van der Waals surface area contributed by atoms with Crippen molar-refractivity contribution < 1.29 is 23.7 Å². The van der Waals surface area contributed by atoms with E-state index in [0.29, 0.717) is 28.9 Å². The van der Waals surface area contributed by atoms with Gasteiger partial charge in [-0.2, -0.15) is 0 Å². The van der Waals surface area contributed by atoms with Crippen LogP contribution < -0.4 is 10.2 Å². The number of hydrogen-bond acceptors (Lipinski definition) is 3. The zero-order valence-electron chi connectivity index (χ0n) is 17.2. The van der Waals surface area contributed by atoms with Crippen LogP contribution in [0.5, 0.6) is 0 Å². The molecule has 0 fully saturated rings. The molecule has 0 spiro atoms. The van der Waals surface area contributed by atoms with Gasteiger partial charge in [0.15, 0.2) is 17.6 Å². The number of halogens is 1. The van der Waals surface area contributed by atoms with Crippen LogP contribution in [0, 0.1) is 5.82 Å². The van der Waals surface area contributed by atoms with E-state index >= 15 is 0 Å². The van der Waals surface area contributed by atoms with Gasteiger partial charge < -0.3 is 10.2 Å². The Labute approximate surface area is 179 Å². The highest BCUT2D eigenvalue weighted by Gasteiger charge is 2.30. The van der Waals surface area contributed by atoms with Crippen molar-refractivity contribution in [2.75, 3.05) is 12.4 Å². The van der Waals surface area contributed by atoms with E-state index < -0.39 is 6.04 Å². The predicted octanol–water partition coefficient (Wildman–Crippen LogP) is 2.64. The molecule has 4 rings (SSSR count). The van der Waals surface area contributed by atoms with Crippen molar-refractivity contribution in [1.82, 2.24) is 0 Å². The average molecular weight is 417 g/mol. The quantitative estimate of drug-likeness (QED) is 0.525. The van der Waals surface area contributed by atoms with Crippen LogP contribution in [-0.2, 0) is 11.3 Å². The lowest BCUT2D eigenvalue weighted by Crippen LogP contribution is -3.12. The lowest BCUT2D eigenvalue weighted by Gasteiger charge is -2.22. The molecule has 1 aliphatic rings. The molecule has 2 N–H and O–H groups in total. The van der Waals surface area contributed by atoms with E-state index in [1.54, 1.807) is 55.5 Å². The highest BCUT2D eigenvalue weighted by Crippen LogP contribution is 2.29. The maximum absolute atomic E-state index is 13.4. The molecule has 0 aromatic heterocycles. The normalized spacial score (nSPS) is 14.4. The summed E-state index contributed by atoms with van der Waals surface area (Å²) in [7, 11) is 1.86. The number of anilines is 1. The molecule has 1 aliphatic carbocycles. The molecule has 0 aliphatic heterocycles. The number of ketones is 2. The molecule has 5 nitrogen and oxygen atoms in total. The number of rotatable bonds is 5. The van der Waals surface area contributed by atoms with Crippen LogP contribution in [0.15, 0.2) is 66.7 Å². The number of carbonyl (C=O) groups excluding carboxylic acids is 3. The number of carbonyl (C=O) groups is 3. The second-order valence-electron chi connectivity index (χ2n) is 7.83. The molecule has 3 aromatic carbocycles. The summed E-state index contributed by atoms with van der Waals surface area (Å²) in [5.41, 5.74) is 2.64. The van der Waals surface area contributed by atoms with Gasteiger partial charge in [-0.05, 0) is 37.3 Å². The van der Waals surface area contributed by atoms with Gasteiger partial charge in [-0.3, -0.25) is 14.4 Å². The molecule has 6 heteroatoms. The predicted molar refractivity (Wildman–Crippen MR) is 115 cm³/mol. The molecule has 3 aromatic rings. The summed E-state index contributed by atoms with van der Waals surface area (Å²) >= 11 is 0. The van der Waals surface area contributed by atoms with Gasteiger partial charge in [0, 0.05) is 33.5 Å². The van der Waals surface area contributed by atoms with Gasteiger partial charge in [0.1, 0.15) is 12.4 Å². The smallest absolute Gasteiger partial charge is 0.282 e. The standard InChI is InChI=1S/C25H21FN2O3/c1-15(28(2)14-16-6-5-7-17(26)12-16)25(31)27-18-10-11-21-22(13-18)24(30)20-9-4-3-8-19(20)23(21)29/h3-13,15H,14H2,1-2H3,(H,27,31)/p+1/t15-/m1/s1. The summed E-state index contributed by atoms with van der Waals surface area (Å²) in [5, 5.41) is 2.83. The molecular weight excluding hydrogens is 395 g/mol. The first-order valence-corrected chi connectivity index (χ1v) is 10.0. The van der Waals surface area contributed by atoms with Gasteiger partial charge in [0.05, 0.1) is 7.05 Å². The molecule has 0 heterocycles. The Hall–Kier alpha value is -3.64. The number of hydrogen-bond donors (Lipinski definition) is 2. The third-order valence-electron chi connectivity index (χ3n) is 5.70. The van der Waals surface area contributed by atoms with E-state index in [2.05, 4.69) is 5.32 Å². The van der Waals surface area contributed by atoms with Gasteiger partial charge in [-0.15, -0.1) is 0 Å².